The fraction of sp³-hybridized carbons (Fsp3) is 0.656. The number of morpholine rings is 1. The normalized spacial score (nSPS) is 15.2. The van der Waals surface area contributed by atoms with Crippen LogP contribution >= 0.6 is 0 Å². The van der Waals surface area contributed by atoms with Gasteiger partial charge in [-0.1, -0.05) is 44.2 Å². The van der Waals surface area contributed by atoms with Crippen LogP contribution < -0.4 is 10.6 Å². The van der Waals surface area contributed by atoms with Gasteiger partial charge in [-0.3, -0.25) is 24.1 Å². The van der Waals surface area contributed by atoms with Crippen LogP contribution in [-0.2, 0) is 39.9 Å². The number of esters is 1. The van der Waals surface area contributed by atoms with Crippen LogP contribution in [0.25, 0.3) is 0 Å². The van der Waals surface area contributed by atoms with E-state index in [1.165, 1.54) is 4.90 Å². The minimum absolute atomic E-state index is 0.0308. The third kappa shape index (κ3) is 13.9. The summed E-state index contributed by atoms with van der Waals surface area (Å²) in [7, 11) is 0. The SMILES string of the molecule is CC(C)C[C@H](NC(=O)CCCN(COC(=O)C(C)(C)C)C(=O)[C@H](CCc1ccccc1)NC(=O)CN1CCOCC1)C(=O)O. The summed E-state index contributed by atoms with van der Waals surface area (Å²) >= 11 is 0. The Balaban J connectivity index is 2.16. The lowest BCUT2D eigenvalue weighted by molar-refractivity contribution is -0.162. The van der Waals surface area contributed by atoms with E-state index in [-0.39, 0.29) is 44.5 Å². The van der Waals surface area contributed by atoms with Gasteiger partial charge < -0.3 is 30.1 Å². The molecule has 1 aliphatic heterocycles. The number of benzene rings is 1. The van der Waals surface area contributed by atoms with E-state index in [9.17, 15) is 29.1 Å². The molecule has 2 atom stereocenters. The van der Waals surface area contributed by atoms with Crippen LogP contribution in [0.3, 0.4) is 0 Å². The lowest BCUT2D eigenvalue weighted by Gasteiger charge is -2.30. The van der Waals surface area contributed by atoms with Gasteiger partial charge in [-0.05, 0) is 57.9 Å². The van der Waals surface area contributed by atoms with Crippen LogP contribution in [0, 0.1) is 11.3 Å². The number of carboxylic acid groups (broad SMARTS) is 1. The van der Waals surface area contributed by atoms with E-state index in [0.717, 1.165) is 5.56 Å². The molecule has 1 aromatic rings. The molecule has 0 saturated carbocycles. The van der Waals surface area contributed by atoms with E-state index in [1.54, 1.807) is 20.8 Å². The second-order valence-corrected chi connectivity index (χ2v) is 12.6. The fourth-order valence-electron chi connectivity index (χ4n) is 4.62. The number of aliphatic carboxylic acids is 1. The average Bonchev–Trinajstić information content (AvgIpc) is 2.96. The van der Waals surface area contributed by atoms with Crippen molar-refractivity contribution in [3.63, 3.8) is 0 Å². The highest BCUT2D eigenvalue weighted by molar-refractivity contribution is 5.88. The quantitative estimate of drug-likeness (QED) is 0.176. The Kier molecular flexibility index (Phi) is 15.3. The summed E-state index contributed by atoms with van der Waals surface area (Å²) in [5.41, 5.74) is 0.208. The first-order valence-corrected chi connectivity index (χ1v) is 15.4. The molecule has 2 rings (SSSR count). The third-order valence-corrected chi connectivity index (χ3v) is 7.12. The summed E-state index contributed by atoms with van der Waals surface area (Å²) in [6.45, 7) is 11.0. The molecule has 12 heteroatoms. The van der Waals surface area contributed by atoms with Crippen molar-refractivity contribution in [2.45, 2.75) is 78.8 Å². The first-order chi connectivity index (χ1) is 20.8. The van der Waals surface area contributed by atoms with E-state index in [2.05, 4.69) is 10.6 Å². The lowest BCUT2D eigenvalue weighted by Crippen LogP contribution is -2.52. The molecule has 0 radical (unpaired) electrons. The van der Waals surface area contributed by atoms with Crippen LogP contribution in [0.15, 0.2) is 30.3 Å². The number of carbonyl (C=O) groups is 5. The topological polar surface area (TPSA) is 155 Å². The minimum Gasteiger partial charge on any atom is -0.480 e. The van der Waals surface area contributed by atoms with Gasteiger partial charge in [0.2, 0.25) is 17.7 Å². The van der Waals surface area contributed by atoms with E-state index >= 15 is 0 Å². The summed E-state index contributed by atoms with van der Waals surface area (Å²) < 4.78 is 10.8. The number of nitrogens with zero attached hydrogens (tertiary/aromatic N) is 2. The molecule has 1 aliphatic rings. The Hall–Kier alpha value is -3.51. The number of amides is 3. The minimum atomic E-state index is -1.10. The number of aryl methyl sites for hydroxylation is 1. The van der Waals surface area contributed by atoms with Crippen molar-refractivity contribution in [2.24, 2.45) is 11.3 Å². The number of ether oxygens (including phenoxy) is 2. The largest absolute Gasteiger partial charge is 0.480 e. The van der Waals surface area contributed by atoms with Gasteiger partial charge in [0.1, 0.15) is 12.1 Å². The number of hydrogen-bond acceptors (Lipinski definition) is 8. The summed E-state index contributed by atoms with van der Waals surface area (Å²) in [6.07, 6.45) is 1.31. The zero-order chi connectivity index (χ0) is 32.7. The molecule has 0 aliphatic carbocycles. The maximum Gasteiger partial charge on any atom is 0.326 e. The van der Waals surface area contributed by atoms with Crippen LogP contribution in [0.1, 0.15) is 65.9 Å². The number of carbonyl (C=O) groups excluding carboxylic acids is 4. The molecular formula is C32H50N4O8. The van der Waals surface area contributed by atoms with Crippen LogP contribution in [0.4, 0.5) is 0 Å². The maximum absolute atomic E-state index is 13.9. The summed E-state index contributed by atoms with van der Waals surface area (Å²) in [4.78, 5) is 67.0. The molecule has 12 nitrogen and oxygen atoms in total. The summed E-state index contributed by atoms with van der Waals surface area (Å²) in [5, 5.41) is 14.9. The second kappa shape index (κ2) is 18.3. The highest BCUT2D eigenvalue weighted by Crippen LogP contribution is 2.16. The molecular weight excluding hydrogens is 568 g/mol. The third-order valence-electron chi connectivity index (χ3n) is 7.12. The van der Waals surface area contributed by atoms with Crippen molar-refractivity contribution >= 4 is 29.7 Å². The molecule has 0 bridgehead atoms. The number of hydrogen-bond donors (Lipinski definition) is 3. The van der Waals surface area contributed by atoms with Gasteiger partial charge in [0.05, 0.1) is 25.2 Å². The monoisotopic (exact) mass is 618 g/mol. The van der Waals surface area contributed by atoms with Crippen LogP contribution in [-0.4, -0.2) is 103 Å². The van der Waals surface area contributed by atoms with Crippen LogP contribution in [0.2, 0.25) is 0 Å². The first-order valence-electron chi connectivity index (χ1n) is 15.4. The maximum atomic E-state index is 13.9. The van der Waals surface area contributed by atoms with Gasteiger partial charge in [-0.15, -0.1) is 0 Å². The molecule has 1 saturated heterocycles. The molecule has 3 N–H and O–H groups in total. The number of carboxylic acids is 1. The number of nitrogens with one attached hydrogen (secondary N) is 2. The number of rotatable bonds is 17. The van der Waals surface area contributed by atoms with Crippen molar-refractivity contribution in [3.8, 4) is 0 Å². The summed E-state index contributed by atoms with van der Waals surface area (Å²) in [6, 6.07) is 7.71. The van der Waals surface area contributed by atoms with E-state index in [4.69, 9.17) is 9.47 Å². The first kappa shape index (κ1) is 36.7. The van der Waals surface area contributed by atoms with Gasteiger partial charge in [0, 0.05) is 26.1 Å². The van der Waals surface area contributed by atoms with Gasteiger partial charge in [0.15, 0.2) is 6.73 Å². The van der Waals surface area contributed by atoms with E-state index in [0.29, 0.717) is 45.6 Å². The Morgan fingerprint density at radius 3 is 2.23 bits per heavy atom. The van der Waals surface area contributed by atoms with Gasteiger partial charge >= 0.3 is 11.9 Å². The van der Waals surface area contributed by atoms with E-state index in [1.807, 2.05) is 49.1 Å². The highest BCUT2D eigenvalue weighted by Gasteiger charge is 2.30. The van der Waals surface area contributed by atoms with Crippen molar-refractivity contribution in [3.05, 3.63) is 35.9 Å². The molecule has 0 aromatic heterocycles. The van der Waals surface area contributed by atoms with Crippen LogP contribution in [0.5, 0.6) is 0 Å². The predicted octanol–water partition coefficient (Wildman–Crippen LogP) is 2.21. The summed E-state index contributed by atoms with van der Waals surface area (Å²) in [5.74, 6) is -2.70. The van der Waals surface area contributed by atoms with Crippen molar-refractivity contribution in [1.82, 2.24) is 20.4 Å². The van der Waals surface area contributed by atoms with Crippen molar-refractivity contribution in [1.29, 1.82) is 0 Å². The average molecular weight is 619 g/mol. The second-order valence-electron chi connectivity index (χ2n) is 12.6. The fourth-order valence-corrected chi connectivity index (χ4v) is 4.62. The Morgan fingerprint density at radius 1 is 1.00 bits per heavy atom. The van der Waals surface area contributed by atoms with Gasteiger partial charge in [-0.2, -0.15) is 0 Å². The molecule has 44 heavy (non-hydrogen) atoms. The molecule has 1 heterocycles. The highest BCUT2D eigenvalue weighted by atomic mass is 16.5. The van der Waals surface area contributed by atoms with E-state index < -0.39 is 41.3 Å². The predicted molar refractivity (Wildman–Crippen MR) is 164 cm³/mol. The van der Waals surface area contributed by atoms with Gasteiger partial charge in [-0.25, -0.2) is 4.79 Å². The van der Waals surface area contributed by atoms with Crippen molar-refractivity contribution < 1.29 is 38.6 Å². The Morgan fingerprint density at radius 2 is 1.64 bits per heavy atom. The molecule has 246 valence electrons. The zero-order valence-electron chi connectivity index (χ0n) is 26.8. The lowest BCUT2D eigenvalue weighted by atomic mass is 9.97. The smallest absolute Gasteiger partial charge is 0.326 e. The molecule has 1 fully saturated rings. The molecule has 0 spiro atoms. The Labute approximate surface area is 260 Å². The van der Waals surface area contributed by atoms with Gasteiger partial charge in [0.25, 0.3) is 0 Å². The van der Waals surface area contributed by atoms with Crippen molar-refractivity contribution in [2.75, 3.05) is 46.1 Å². The Bertz CT molecular complexity index is 1080. The molecule has 0 unspecified atom stereocenters. The molecule has 3 amide bonds. The zero-order valence-corrected chi connectivity index (χ0v) is 26.8. The standard InChI is InChI=1S/C32H50N4O8/c1-23(2)20-26(30(40)41)34-27(37)12-9-15-36(22-44-31(42)32(3,4)5)29(39)25(14-13-24-10-7-6-8-11-24)33-28(38)21-35-16-18-43-19-17-35/h6-8,10-11,23,25-26H,9,12-22H2,1-5H3,(H,33,38)(H,34,37)(H,40,41)/t25-,26-/m0/s1. The molecule has 1 aromatic carbocycles.